The van der Waals surface area contributed by atoms with Crippen molar-refractivity contribution >= 4 is 5.91 Å². The maximum Gasteiger partial charge on any atom is 0.222 e. The van der Waals surface area contributed by atoms with Crippen LogP contribution in [0.2, 0.25) is 0 Å². The molecule has 1 heterocycles. The van der Waals surface area contributed by atoms with Crippen molar-refractivity contribution in [2.75, 3.05) is 39.8 Å². The molecule has 3 rings (SSSR count). The lowest BCUT2D eigenvalue weighted by atomic mass is 9.82. The molecule has 4 heteroatoms. The second kappa shape index (κ2) is 7.10. The van der Waals surface area contributed by atoms with Gasteiger partial charge in [-0.2, -0.15) is 0 Å². The molecule has 0 aromatic heterocycles. The van der Waals surface area contributed by atoms with Crippen molar-refractivity contribution < 1.29 is 9.53 Å². The smallest absolute Gasteiger partial charge is 0.222 e. The van der Waals surface area contributed by atoms with Crippen molar-refractivity contribution in [3.05, 3.63) is 0 Å². The molecule has 1 amide bonds. The fourth-order valence-electron chi connectivity index (χ4n) is 3.38. The number of carbonyl (C=O) groups excluding carboxylic acids is 1. The van der Waals surface area contributed by atoms with Crippen LogP contribution in [0.15, 0.2) is 0 Å². The predicted octanol–water partition coefficient (Wildman–Crippen LogP) is 2.14. The molecule has 2 aliphatic carbocycles. The fourth-order valence-corrected chi connectivity index (χ4v) is 3.38. The van der Waals surface area contributed by atoms with Crippen molar-refractivity contribution in [1.29, 1.82) is 0 Å². The summed E-state index contributed by atoms with van der Waals surface area (Å²) in [5, 5.41) is 0. The van der Waals surface area contributed by atoms with E-state index in [0.29, 0.717) is 5.91 Å². The molecule has 1 atom stereocenters. The Balaban J connectivity index is 1.47. The van der Waals surface area contributed by atoms with Crippen LogP contribution < -0.4 is 0 Å². The number of morpholine rings is 1. The van der Waals surface area contributed by atoms with Gasteiger partial charge in [-0.3, -0.25) is 4.79 Å². The highest BCUT2D eigenvalue weighted by Crippen LogP contribution is 2.32. The van der Waals surface area contributed by atoms with Gasteiger partial charge in [-0.25, -0.2) is 0 Å². The highest BCUT2D eigenvalue weighted by atomic mass is 16.5. The number of nitrogens with zero attached hydrogens (tertiary/aromatic N) is 2. The molecule has 0 aromatic rings. The molecule has 3 aliphatic rings. The molecule has 21 heavy (non-hydrogen) atoms. The molecule has 2 saturated carbocycles. The first kappa shape index (κ1) is 15.3. The van der Waals surface area contributed by atoms with Gasteiger partial charge in [0.1, 0.15) is 0 Å². The Bertz CT molecular complexity index is 353. The summed E-state index contributed by atoms with van der Waals surface area (Å²) in [4.78, 5) is 17.0. The average molecular weight is 294 g/mol. The van der Waals surface area contributed by atoms with Crippen molar-refractivity contribution in [2.45, 2.75) is 51.0 Å². The van der Waals surface area contributed by atoms with Crippen LogP contribution in [0.1, 0.15) is 44.9 Å². The first-order chi connectivity index (χ1) is 10.2. The van der Waals surface area contributed by atoms with Crippen LogP contribution in [0.5, 0.6) is 0 Å². The summed E-state index contributed by atoms with van der Waals surface area (Å²) in [7, 11) is 2.14. The summed E-state index contributed by atoms with van der Waals surface area (Å²) in [6, 6.07) is 0. The summed E-state index contributed by atoms with van der Waals surface area (Å²) in [6.45, 7) is 4.53. The van der Waals surface area contributed by atoms with Crippen molar-refractivity contribution in [3.63, 3.8) is 0 Å². The van der Waals surface area contributed by atoms with Gasteiger partial charge in [0.2, 0.25) is 5.91 Å². The van der Waals surface area contributed by atoms with Gasteiger partial charge in [0.05, 0.1) is 12.7 Å². The van der Waals surface area contributed by atoms with Gasteiger partial charge in [0.15, 0.2) is 0 Å². The molecule has 0 N–H and O–H groups in total. The molecular formula is C17H30N2O2. The van der Waals surface area contributed by atoms with E-state index in [4.69, 9.17) is 4.74 Å². The zero-order valence-corrected chi connectivity index (χ0v) is 13.4. The van der Waals surface area contributed by atoms with E-state index in [1.807, 2.05) is 0 Å². The standard InChI is InChI=1S/C17H30N2O2/c1-18-9-10-21-16(12-18)13-19(11-15-5-6-15)17(20)8-7-14-3-2-4-14/h14-16H,2-13H2,1H3/t16-/m1/s1. The van der Waals surface area contributed by atoms with Gasteiger partial charge in [0.25, 0.3) is 0 Å². The summed E-state index contributed by atoms with van der Waals surface area (Å²) in [5.41, 5.74) is 0. The van der Waals surface area contributed by atoms with Gasteiger partial charge < -0.3 is 14.5 Å². The Kier molecular flexibility index (Phi) is 5.17. The van der Waals surface area contributed by atoms with E-state index < -0.39 is 0 Å². The number of hydrogen-bond acceptors (Lipinski definition) is 3. The molecule has 0 aromatic carbocycles. The van der Waals surface area contributed by atoms with Crippen molar-refractivity contribution in [2.24, 2.45) is 11.8 Å². The van der Waals surface area contributed by atoms with E-state index >= 15 is 0 Å². The first-order valence-corrected chi connectivity index (χ1v) is 8.78. The third kappa shape index (κ3) is 4.68. The Labute approximate surface area is 128 Å². The third-order valence-corrected chi connectivity index (χ3v) is 5.29. The van der Waals surface area contributed by atoms with Gasteiger partial charge >= 0.3 is 0 Å². The highest BCUT2D eigenvalue weighted by molar-refractivity contribution is 5.76. The Morgan fingerprint density at radius 3 is 2.62 bits per heavy atom. The molecular weight excluding hydrogens is 264 g/mol. The van der Waals surface area contributed by atoms with Gasteiger partial charge in [0, 0.05) is 32.6 Å². The van der Waals surface area contributed by atoms with E-state index in [2.05, 4.69) is 16.8 Å². The van der Waals surface area contributed by atoms with E-state index in [-0.39, 0.29) is 6.10 Å². The molecule has 0 radical (unpaired) electrons. The van der Waals surface area contributed by atoms with Gasteiger partial charge in [-0.15, -0.1) is 0 Å². The van der Waals surface area contributed by atoms with E-state index in [1.54, 1.807) is 0 Å². The number of likely N-dealkylation sites (N-methyl/N-ethyl adjacent to an activating group) is 1. The lowest BCUT2D eigenvalue weighted by molar-refractivity contribution is -0.135. The number of amides is 1. The maximum absolute atomic E-state index is 12.6. The monoisotopic (exact) mass is 294 g/mol. The third-order valence-electron chi connectivity index (χ3n) is 5.29. The second-order valence-corrected chi connectivity index (χ2v) is 7.33. The lowest BCUT2D eigenvalue weighted by Crippen LogP contribution is -2.48. The van der Waals surface area contributed by atoms with Crippen LogP contribution in [0, 0.1) is 11.8 Å². The maximum atomic E-state index is 12.6. The first-order valence-electron chi connectivity index (χ1n) is 8.78. The quantitative estimate of drug-likeness (QED) is 0.721. The van der Waals surface area contributed by atoms with E-state index in [0.717, 1.165) is 57.5 Å². The zero-order chi connectivity index (χ0) is 14.7. The predicted molar refractivity (Wildman–Crippen MR) is 83.1 cm³/mol. The lowest BCUT2D eigenvalue weighted by Gasteiger charge is -2.34. The summed E-state index contributed by atoms with van der Waals surface area (Å²) < 4.78 is 5.85. The molecule has 0 unspecified atom stereocenters. The van der Waals surface area contributed by atoms with Crippen LogP contribution in [-0.2, 0) is 9.53 Å². The number of ether oxygens (including phenoxy) is 1. The molecule has 0 spiro atoms. The average Bonchev–Trinajstić information content (AvgIpc) is 3.20. The van der Waals surface area contributed by atoms with Crippen LogP contribution >= 0.6 is 0 Å². The zero-order valence-electron chi connectivity index (χ0n) is 13.4. The molecule has 1 saturated heterocycles. The number of hydrogen-bond donors (Lipinski definition) is 0. The van der Waals surface area contributed by atoms with Crippen LogP contribution in [-0.4, -0.2) is 61.6 Å². The summed E-state index contributed by atoms with van der Waals surface area (Å²) in [5.74, 6) is 1.96. The Hall–Kier alpha value is -0.610. The molecule has 1 aliphatic heterocycles. The van der Waals surface area contributed by atoms with E-state index in [1.165, 1.54) is 32.1 Å². The van der Waals surface area contributed by atoms with Crippen LogP contribution in [0.3, 0.4) is 0 Å². The van der Waals surface area contributed by atoms with Crippen molar-refractivity contribution in [1.82, 2.24) is 9.80 Å². The second-order valence-electron chi connectivity index (χ2n) is 7.33. The minimum atomic E-state index is 0.204. The molecule has 120 valence electrons. The minimum absolute atomic E-state index is 0.204. The van der Waals surface area contributed by atoms with Crippen molar-refractivity contribution in [3.8, 4) is 0 Å². The normalized spacial score (nSPS) is 27.4. The number of carbonyl (C=O) groups is 1. The van der Waals surface area contributed by atoms with Crippen LogP contribution in [0.4, 0.5) is 0 Å². The molecule has 4 nitrogen and oxygen atoms in total. The SMILES string of the molecule is CN1CCO[C@@H](CN(CC2CC2)C(=O)CCC2CCC2)C1. The summed E-state index contributed by atoms with van der Waals surface area (Å²) >= 11 is 0. The molecule has 0 bridgehead atoms. The largest absolute Gasteiger partial charge is 0.374 e. The Morgan fingerprint density at radius 2 is 2.00 bits per heavy atom. The highest BCUT2D eigenvalue weighted by Gasteiger charge is 2.30. The van der Waals surface area contributed by atoms with Gasteiger partial charge in [-0.05, 0) is 38.1 Å². The molecule has 3 fully saturated rings. The van der Waals surface area contributed by atoms with E-state index in [9.17, 15) is 4.79 Å². The number of rotatable bonds is 7. The Morgan fingerprint density at radius 1 is 1.19 bits per heavy atom. The van der Waals surface area contributed by atoms with Crippen LogP contribution in [0.25, 0.3) is 0 Å². The summed E-state index contributed by atoms with van der Waals surface area (Å²) in [6.07, 6.45) is 8.71. The fraction of sp³-hybridized carbons (Fsp3) is 0.941. The topological polar surface area (TPSA) is 32.8 Å². The minimum Gasteiger partial charge on any atom is -0.374 e. The van der Waals surface area contributed by atoms with Gasteiger partial charge in [-0.1, -0.05) is 19.3 Å².